The van der Waals surface area contributed by atoms with Crippen molar-refractivity contribution in [2.75, 3.05) is 7.05 Å². The lowest BCUT2D eigenvalue weighted by Gasteiger charge is -2.19. The summed E-state index contributed by atoms with van der Waals surface area (Å²) < 4.78 is 40.9. The van der Waals surface area contributed by atoms with E-state index in [1.54, 1.807) is 0 Å². The number of hydrogen-bond acceptors (Lipinski definition) is 4. The number of nitrogens with zero attached hydrogens (tertiary/aromatic N) is 3. The highest BCUT2D eigenvalue weighted by Gasteiger charge is 2.22. The highest BCUT2D eigenvalue weighted by molar-refractivity contribution is 7.89. The van der Waals surface area contributed by atoms with E-state index in [1.165, 1.54) is 31.8 Å². The largest absolute Gasteiger partial charge is 0.330 e. The van der Waals surface area contributed by atoms with E-state index in [0.717, 1.165) is 33.1 Å². The van der Waals surface area contributed by atoms with E-state index in [2.05, 4.69) is 0 Å². The first-order chi connectivity index (χ1) is 10.6. The van der Waals surface area contributed by atoms with Gasteiger partial charge in [-0.05, 0) is 24.3 Å². The van der Waals surface area contributed by atoms with Crippen LogP contribution in [0.15, 0.2) is 44.8 Å². The average molecular weight is 341 g/mol. The molecule has 0 bridgehead atoms. The molecule has 0 amide bonds. The van der Waals surface area contributed by atoms with Crippen LogP contribution >= 0.6 is 0 Å². The second kappa shape index (κ2) is 6.09. The molecular formula is C14H16FN3O4S. The van der Waals surface area contributed by atoms with Gasteiger partial charge in [0.1, 0.15) is 5.82 Å². The molecule has 0 aliphatic carbocycles. The van der Waals surface area contributed by atoms with Crippen LogP contribution in [0.3, 0.4) is 0 Å². The third-order valence-electron chi connectivity index (χ3n) is 3.53. The predicted octanol–water partition coefficient (Wildman–Crippen LogP) is 0.0438. The summed E-state index contributed by atoms with van der Waals surface area (Å²) in [7, 11) is 0.251. The van der Waals surface area contributed by atoms with Crippen LogP contribution in [0.25, 0.3) is 0 Å². The van der Waals surface area contributed by atoms with E-state index in [-0.39, 0.29) is 17.1 Å². The van der Waals surface area contributed by atoms with Crippen LogP contribution in [0.2, 0.25) is 0 Å². The van der Waals surface area contributed by atoms with Crippen LogP contribution in [-0.2, 0) is 30.7 Å². The van der Waals surface area contributed by atoms with Crippen molar-refractivity contribution in [2.45, 2.75) is 11.4 Å². The molecule has 0 saturated heterocycles. The number of sulfonamides is 1. The van der Waals surface area contributed by atoms with Gasteiger partial charge in [-0.2, -0.15) is 4.31 Å². The summed E-state index contributed by atoms with van der Waals surface area (Å²) in [6, 6.07) is 5.62. The van der Waals surface area contributed by atoms with Crippen LogP contribution < -0.4 is 11.2 Å². The zero-order valence-corrected chi connectivity index (χ0v) is 13.7. The highest BCUT2D eigenvalue weighted by atomic mass is 32.2. The van der Waals surface area contributed by atoms with Crippen molar-refractivity contribution < 1.29 is 12.8 Å². The molecule has 2 rings (SSSR count). The molecule has 7 nitrogen and oxygen atoms in total. The predicted molar refractivity (Wildman–Crippen MR) is 82.0 cm³/mol. The number of rotatable bonds is 4. The van der Waals surface area contributed by atoms with Gasteiger partial charge in [-0.1, -0.05) is 0 Å². The Bertz CT molecular complexity index is 945. The third-order valence-corrected chi connectivity index (χ3v) is 5.35. The van der Waals surface area contributed by atoms with Crippen molar-refractivity contribution in [1.82, 2.24) is 13.4 Å². The lowest BCUT2D eigenvalue weighted by molar-refractivity contribution is 0.450. The quantitative estimate of drug-likeness (QED) is 0.787. The summed E-state index contributed by atoms with van der Waals surface area (Å²) in [5.41, 5.74) is -0.804. The number of hydrogen-bond donors (Lipinski definition) is 0. The van der Waals surface area contributed by atoms with Crippen molar-refractivity contribution >= 4 is 10.0 Å². The third kappa shape index (κ3) is 3.25. The molecule has 0 radical (unpaired) electrons. The normalized spacial score (nSPS) is 11.9. The maximum atomic E-state index is 12.9. The fourth-order valence-electron chi connectivity index (χ4n) is 2.03. The molecule has 0 fully saturated rings. The van der Waals surface area contributed by atoms with Gasteiger partial charge in [-0.15, -0.1) is 0 Å². The molecule has 0 aliphatic rings. The summed E-state index contributed by atoms with van der Waals surface area (Å²) in [6.07, 6.45) is 0. The summed E-state index contributed by atoms with van der Waals surface area (Å²) >= 11 is 0. The molecule has 1 aromatic carbocycles. The summed E-state index contributed by atoms with van der Waals surface area (Å²) in [5, 5.41) is 0. The van der Waals surface area contributed by atoms with E-state index in [0.29, 0.717) is 0 Å². The van der Waals surface area contributed by atoms with Gasteiger partial charge in [0.25, 0.3) is 5.56 Å². The van der Waals surface area contributed by atoms with Crippen molar-refractivity contribution in [2.24, 2.45) is 14.1 Å². The number of halogens is 1. The molecule has 1 heterocycles. The highest BCUT2D eigenvalue weighted by Crippen LogP contribution is 2.16. The maximum absolute atomic E-state index is 12.9. The lowest BCUT2D eigenvalue weighted by atomic mass is 10.4. The molecule has 23 heavy (non-hydrogen) atoms. The van der Waals surface area contributed by atoms with Crippen molar-refractivity contribution in [3.05, 3.63) is 62.7 Å². The summed E-state index contributed by atoms with van der Waals surface area (Å²) in [5.74, 6) is -0.541. The van der Waals surface area contributed by atoms with Crippen molar-refractivity contribution in [3.63, 3.8) is 0 Å². The smallest absolute Gasteiger partial charge is 0.299 e. The van der Waals surface area contributed by atoms with Gasteiger partial charge in [0.15, 0.2) is 0 Å². The number of aromatic nitrogens is 2. The Hall–Kier alpha value is -2.26. The molecule has 0 N–H and O–H groups in total. The van der Waals surface area contributed by atoms with Crippen LogP contribution in [0, 0.1) is 5.82 Å². The Morgan fingerprint density at radius 1 is 1.09 bits per heavy atom. The first-order valence-electron chi connectivity index (χ1n) is 6.62. The van der Waals surface area contributed by atoms with Crippen molar-refractivity contribution in [1.29, 1.82) is 0 Å². The zero-order chi connectivity index (χ0) is 17.4. The fraction of sp³-hybridized carbons (Fsp3) is 0.286. The molecule has 0 saturated carbocycles. The minimum Gasteiger partial charge on any atom is -0.299 e. The van der Waals surface area contributed by atoms with E-state index in [1.807, 2.05) is 0 Å². The maximum Gasteiger partial charge on any atom is 0.330 e. The van der Waals surface area contributed by atoms with Gasteiger partial charge >= 0.3 is 5.69 Å². The Morgan fingerprint density at radius 3 is 2.22 bits per heavy atom. The van der Waals surface area contributed by atoms with Crippen LogP contribution in [-0.4, -0.2) is 28.9 Å². The Morgan fingerprint density at radius 2 is 1.65 bits per heavy atom. The van der Waals surface area contributed by atoms with E-state index >= 15 is 0 Å². The van der Waals surface area contributed by atoms with Gasteiger partial charge in [-0.25, -0.2) is 17.6 Å². The second-order valence-electron chi connectivity index (χ2n) is 5.09. The Kier molecular flexibility index (Phi) is 4.53. The van der Waals surface area contributed by atoms with Crippen LogP contribution in [0.1, 0.15) is 5.69 Å². The van der Waals surface area contributed by atoms with E-state index in [9.17, 15) is 22.4 Å². The molecule has 2 aromatic rings. The van der Waals surface area contributed by atoms with E-state index in [4.69, 9.17) is 0 Å². The zero-order valence-electron chi connectivity index (χ0n) is 12.9. The van der Waals surface area contributed by atoms with Gasteiger partial charge in [0.05, 0.1) is 11.4 Å². The second-order valence-corrected chi connectivity index (χ2v) is 7.13. The standard InChI is InChI=1S/C14H16FN3O4S/c1-16(23(21,22)12-6-4-10(15)5-7-12)9-11-8-13(19)18(3)14(20)17(11)2/h4-8H,9H2,1-3H3. The monoisotopic (exact) mass is 341 g/mol. The van der Waals surface area contributed by atoms with Crippen LogP contribution in [0.4, 0.5) is 4.39 Å². The van der Waals surface area contributed by atoms with Gasteiger partial charge < -0.3 is 0 Å². The molecule has 9 heteroatoms. The van der Waals surface area contributed by atoms with Gasteiger partial charge in [-0.3, -0.25) is 13.9 Å². The molecule has 0 aliphatic heterocycles. The van der Waals surface area contributed by atoms with Crippen molar-refractivity contribution in [3.8, 4) is 0 Å². The fourth-order valence-corrected chi connectivity index (χ4v) is 3.17. The Balaban J connectivity index is 2.39. The molecule has 124 valence electrons. The lowest BCUT2D eigenvalue weighted by Crippen LogP contribution is -2.39. The Labute approximate surface area is 132 Å². The molecule has 1 aromatic heterocycles. The first-order valence-corrected chi connectivity index (χ1v) is 8.06. The minimum absolute atomic E-state index is 0.0739. The first kappa shape index (κ1) is 17.1. The van der Waals surface area contributed by atoms with Gasteiger partial charge in [0, 0.05) is 32.9 Å². The minimum atomic E-state index is -3.86. The summed E-state index contributed by atoms with van der Waals surface area (Å²) in [4.78, 5) is 23.5. The molecule has 0 atom stereocenters. The average Bonchev–Trinajstić information content (AvgIpc) is 2.50. The van der Waals surface area contributed by atoms with E-state index < -0.39 is 27.1 Å². The summed E-state index contributed by atoms with van der Waals surface area (Å²) in [6.45, 7) is -0.165. The molecule has 0 unspecified atom stereocenters. The topological polar surface area (TPSA) is 81.4 Å². The SMILES string of the molecule is CN(Cc1cc(=O)n(C)c(=O)n1C)S(=O)(=O)c1ccc(F)cc1. The number of benzene rings is 1. The molecular weight excluding hydrogens is 325 g/mol. The molecule has 0 spiro atoms. The van der Waals surface area contributed by atoms with Crippen LogP contribution in [0.5, 0.6) is 0 Å². The van der Waals surface area contributed by atoms with Gasteiger partial charge in [0.2, 0.25) is 10.0 Å².